The summed E-state index contributed by atoms with van der Waals surface area (Å²) in [5.74, 6) is 0.601. The largest absolute Gasteiger partial charge is 0.387 e. The number of methoxy groups -OCH3 is 1. The number of aliphatic hydroxyl groups excluding tert-OH is 1. The number of H-pyrrole nitrogens is 1. The van der Waals surface area contributed by atoms with Crippen molar-refractivity contribution < 1.29 is 9.84 Å². The van der Waals surface area contributed by atoms with Crippen LogP contribution in [0.15, 0.2) is 58.7 Å². The van der Waals surface area contributed by atoms with Crippen LogP contribution in [0, 0.1) is 13.8 Å². The summed E-state index contributed by atoms with van der Waals surface area (Å²) in [6.45, 7) is 6.36. The number of nitrogens with one attached hydrogen (secondary N) is 1. The number of aliphatic hydroxyl groups is 1. The number of hydrogen-bond donors (Lipinski definition) is 2. The first-order valence-electron chi connectivity index (χ1n) is 11.5. The zero-order valence-corrected chi connectivity index (χ0v) is 20.7. The minimum atomic E-state index is -0.628. The lowest BCUT2D eigenvalue weighted by atomic mass is 9.99. The van der Waals surface area contributed by atoms with Gasteiger partial charge in [0.2, 0.25) is 0 Å². The summed E-state index contributed by atoms with van der Waals surface area (Å²) in [5.41, 5.74) is 5.06. The molecule has 0 radical (unpaired) electrons. The van der Waals surface area contributed by atoms with Gasteiger partial charge in [0.15, 0.2) is 0 Å². The van der Waals surface area contributed by atoms with Gasteiger partial charge in [0.25, 0.3) is 5.56 Å². The highest BCUT2D eigenvalue weighted by atomic mass is 32.1. The fourth-order valence-electron chi connectivity index (χ4n) is 4.29. The van der Waals surface area contributed by atoms with Crippen LogP contribution in [-0.4, -0.2) is 46.8 Å². The van der Waals surface area contributed by atoms with Crippen molar-refractivity contribution in [3.05, 3.63) is 86.8 Å². The van der Waals surface area contributed by atoms with E-state index >= 15 is 0 Å². The Bertz CT molecular complexity index is 1300. The molecule has 0 saturated carbocycles. The molecule has 0 amide bonds. The molecule has 0 aliphatic carbocycles. The predicted molar refractivity (Wildman–Crippen MR) is 138 cm³/mol. The minimum Gasteiger partial charge on any atom is -0.387 e. The Balaban J connectivity index is 1.60. The summed E-state index contributed by atoms with van der Waals surface area (Å²) in [6, 6.07) is 15.9. The molecule has 4 rings (SSSR count). The maximum atomic E-state index is 13.1. The van der Waals surface area contributed by atoms with Crippen LogP contribution in [0.1, 0.15) is 35.0 Å². The van der Waals surface area contributed by atoms with E-state index in [9.17, 15) is 9.90 Å². The second-order valence-corrected chi connectivity index (χ2v) is 9.53. The number of ether oxygens (including phenoxy) is 1. The molecule has 0 spiro atoms. The molecule has 34 heavy (non-hydrogen) atoms. The zero-order valence-electron chi connectivity index (χ0n) is 19.9. The van der Waals surface area contributed by atoms with E-state index in [1.54, 1.807) is 7.11 Å². The Morgan fingerprint density at radius 3 is 2.68 bits per heavy atom. The van der Waals surface area contributed by atoms with Crippen molar-refractivity contribution in [1.29, 1.82) is 0 Å². The number of nitrogens with zero attached hydrogens (tertiary/aromatic N) is 2. The van der Waals surface area contributed by atoms with Gasteiger partial charge in [-0.15, -0.1) is 11.3 Å². The number of thiophene rings is 1. The molecule has 0 saturated heterocycles. The summed E-state index contributed by atoms with van der Waals surface area (Å²) in [7, 11) is 1.68. The first kappa shape index (κ1) is 24.3. The van der Waals surface area contributed by atoms with Gasteiger partial charge < -0.3 is 14.8 Å². The van der Waals surface area contributed by atoms with Gasteiger partial charge in [0.05, 0.1) is 18.0 Å². The molecule has 0 aliphatic rings. The molecule has 4 aromatic rings. The molecule has 0 aliphatic heterocycles. The maximum absolute atomic E-state index is 13.1. The van der Waals surface area contributed by atoms with Gasteiger partial charge in [-0.1, -0.05) is 54.1 Å². The molecule has 0 bridgehead atoms. The molecular formula is C27H31N3O3S. The standard InChI is InChI=1S/C27H31N3O3S/c1-18-10-11-21(19(2)14-18)22-17-34-27-25(22)26(32)28-24(29-27)16-30(12-7-13-33-3)15-23(31)20-8-5-4-6-9-20/h4-6,8-11,14,17,23,31H,7,12-13,15-16H2,1-3H3,(H,28,29,32). The Hall–Kier alpha value is -2.84. The number of aromatic nitrogens is 2. The summed E-state index contributed by atoms with van der Waals surface area (Å²) in [5, 5.41) is 13.4. The van der Waals surface area contributed by atoms with E-state index in [1.165, 1.54) is 16.9 Å². The quantitative estimate of drug-likeness (QED) is 0.320. The highest BCUT2D eigenvalue weighted by Gasteiger charge is 2.18. The van der Waals surface area contributed by atoms with Gasteiger partial charge in [0.1, 0.15) is 10.7 Å². The molecule has 2 aromatic carbocycles. The van der Waals surface area contributed by atoms with Crippen LogP contribution in [-0.2, 0) is 11.3 Å². The number of fused-ring (bicyclic) bond motifs is 1. The molecule has 2 heterocycles. The van der Waals surface area contributed by atoms with Gasteiger partial charge in [-0.25, -0.2) is 4.98 Å². The molecule has 1 atom stereocenters. The third-order valence-electron chi connectivity index (χ3n) is 5.98. The molecule has 2 aromatic heterocycles. The van der Waals surface area contributed by atoms with Crippen LogP contribution in [0.2, 0.25) is 0 Å². The van der Waals surface area contributed by atoms with Crippen molar-refractivity contribution in [2.24, 2.45) is 0 Å². The van der Waals surface area contributed by atoms with E-state index in [4.69, 9.17) is 9.72 Å². The average molecular weight is 478 g/mol. The molecular weight excluding hydrogens is 446 g/mol. The average Bonchev–Trinajstić information content (AvgIpc) is 3.24. The lowest BCUT2D eigenvalue weighted by Crippen LogP contribution is -2.31. The number of rotatable bonds is 10. The van der Waals surface area contributed by atoms with Crippen molar-refractivity contribution in [2.75, 3.05) is 26.8 Å². The first-order valence-corrected chi connectivity index (χ1v) is 12.4. The predicted octanol–water partition coefficient (Wildman–Crippen LogP) is 4.84. The Labute approximate surface area is 203 Å². The van der Waals surface area contributed by atoms with Crippen molar-refractivity contribution >= 4 is 21.6 Å². The topological polar surface area (TPSA) is 78.5 Å². The highest BCUT2D eigenvalue weighted by molar-refractivity contribution is 7.17. The van der Waals surface area contributed by atoms with Crippen molar-refractivity contribution in [3.8, 4) is 11.1 Å². The first-order chi connectivity index (χ1) is 16.5. The van der Waals surface area contributed by atoms with E-state index in [0.29, 0.717) is 30.9 Å². The number of benzene rings is 2. The summed E-state index contributed by atoms with van der Waals surface area (Å²) >= 11 is 1.49. The van der Waals surface area contributed by atoms with Gasteiger partial charge in [-0.05, 0) is 37.0 Å². The second-order valence-electron chi connectivity index (χ2n) is 8.67. The minimum absolute atomic E-state index is 0.128. The van der Waals surface area contributed by atoms with Crippen molar-refractivity contribution in [1.82, 2.24) is 14.9 Å². The van der Waals surface area contributed by atoms with Crippen LogP contribution in [0.25, 0.3) is 21.3 Å². The van der Waals surface area contributed by atoms with Gasteiger partial charge in [-0.3, -0.25) is 9.69 Å². The fraction of sp³-hybridized carbons (Fsp3) is 0.333. The lowest BCUT2D eigenvalue weighted by Gasteiger charge is -2.24. The van der Waals surface area contributed by atoms with E-state index in [2.05, 4.69) is 41.9 Å². The fourth-order valence-corrected chi connectivity index (χ4v) is 5.24. The second kappa shape index (κ2) is 11.1. The SMILES string of the molecule is COCCCN(Cc1nc2scc(-c3ccc(C)cc3C)c2c(=O)[nH]1)CC(O)c1ccccc1. The van der Waals surface area contributed by atoms with Crippen molar-refractivity contribution in [2.45, 2.75) is 32.9 Å². The van der Waals surface area contributed by atoms with Crippen LogP contribution < -0.4 is 5.56 Å². The number of aryl methyl sites for hydroxylation is 2. The van der Waals surface area contributed by atoms with Gasteiger partial charge in [0, 0.05) is 37.7 Å². The summed E-state index contributed by atoms with van der Waals surface area (Å²) in [4.78, 5) is 23.8. The molecule has 178 valence electrons. The third-order valence-corrected chi connectivity index (χ3v) is 6.85. The van der Waals surface area contributed by atoms with E-state index in [1.807, 2.05) is 35.7 Å². The van der Waals surface area contributed by atoms with Crippen LogP contribution >= 0.6 is 11.3 Å². The van der Waals surface area contributed by atoms with Crippen LogP contribution in [0.3, 0.4) is 0 Å². The van der Waals surface area contributed by atoms with Gasteiger partial charge in [-0.2, -0.15) is 0 Å². The van der Waals surface area contributed by atoms with E-state index in [-0.39, 0.29) is 5.56 Å². The lowest BCUT2D eigenvalue weighted by molar-refractivity contribution is 0.0981. The summed E-state index contributed by atoms with van der Waals surface area (Å²) < 4.78 is 5.21. The normalized spacial score (nSPS) is 12.5. The maximum Gasteiger partial charge on any atom is 0.260 e. The monoisotopic (exact) mass is 477 g/mol. The molecule has 7 heteroatoms. The molecule has 2 N–H and O–H groups in total. The Kier molecular flexibility index (Phi) is 7.90. The van der Waals surface area contributed by atoms with Crippen LogP contribution in [0.5, 0.6) is 0 Å². The third kappa shape index (κ3) is 5.62. The van der Waals surface area contributed by atoms with Crippen molar-refractivity contribution in [3.63, 3.8) is 0 Å². The zero-order chi connectivity index (χ0) is 24.1. The molecule has 1 unspecified atom stereocenters. The van der Waals surface area contributed by atoms with E-state index in [0.717, 1.165) is 40.0 Å². The van der Waals surface area contributed by atoms with E-state index < -0.39 is 6.10 Å². The summed E-state index contributed by atoms with van der Waals surface area (Å²) in [6.07, 6.45) is 0.192. The Morgan fingerprint density at radius 1 is 1.15 bits per heavy atom. The number of hydrogen-bond acceptors (Lipinski definition) is 6. The smallest absolute Gasteiger partial charge is 0.260 e. The number of aromatic amines is 1. The molecule has 0 fully saturated rings. The van der Waals surface area contributed by atoms with Gasteiger partial charge >= 0.3 is 0 Å². The van der Waals surface area contributed by atoms with Crippen LogP contribution in [0.4, 0.5) is 0 Å². The molecule has 6 nitrogen and oxygen atoms in total. The highest BCUT2D eigenvalue weighted by Crippen LogP contribution is 2.33. The Morgan fingerprint density at radius 2 is 1.94 bits per heavy atom.